The number of carbonyl (C=O) groups excluding carboxylic acids is 1. The molecule has 1 fully saturated rings. The Balaban J connectivity index is 1.84. The number of hydrogen-bond acceptors (Lipinski definition) is 8. The van der Waals surface area contributed by atoms with E-state index in [9.17, 15) is 22.4 Å². The Hall–Kier alpha value is -4.23. The lowest BCUT2D eigenvalue weighted by Gasteiger charge is -2.44. The van der Waals surface area contributed by atoms with Gasteiger partial charge in [-0.15, -0.1) is 0 Å². The molecular weight excluding hydrogens is 590 g/mol. The van der Waals surface area contributed by atoms with Gasteiger partial charge in [0.2, 0.25) is 5.91 Å². The first-order chi connectivity index (χ1) is 19.8. The average molecular weight is 615 g/mol. The zero-order chi connectivity index (χ0) is 30.5. The Kier molecular flexibility index (Phi) is 7.58. The summed E-state index contributed by atoms with van der Waals surface area (Å²) >= 11 is 6.24. The molecule has 3 aromatic heterocycles. The number of pyridine rings is 2. The van der Waals surface area contributed by atoms with Crippen LogP contribution in [0.15, 0.2) is 65.1 Å². The molecule has 0 spiro atoms. The van der Waals surface area contributed by atoms with Crippen LogP contribution in [0.1, 0.15) is 13.8 Å². The van der Waals surface area contributed by atoms with E-state index in [2.05, 4.69) is 21.5 Å². The van der Waals surface area contributed by atoms with E-state index < -0.39 is 37.9 Å². The molecule has 0 radical (unpaired) electrons. The fourth-order valence-electron chi connectivity index (χ4n) is 5.13. The molecule has 0 unspecified atom stereocenters. The topological polar surface area (TPSA) is 118 Å². The van der Waals surface area contributed by atoms with Gasteiger partial charge in [-0.3, -0.25) is 4.79 Å². The van der Waals surface area contributed by atoms with Crippen LogP contribution in [0, 0.1) is 11.6 Å². The van der Waals surface area contributed by atoms with Gasteiger partial charge < -0.3 is 9.80 Å². The number of fused-ring (bicyclic) bond motifs is 1. The van der Waals surface area contributed by atoms with E-state index in [-0.39, 0.29) is 64.2 Å². The second kappa shape index (κ2) is 10.9. The van der Waals surface area contributed by atoms with Crippen molar-refractivity contribution in [2.75, 3.05) is 24.2 Å². The van der Waals surface area contributed by atoms with Gasteiger partial charge in [-0.25, -0.2) is 36.5 Å². The molecule has 1 aliphatic heterocycles. The highest BCUT2D eigenvalue weighted by atomic mass is 35.5. The molecule has 4 heterocycles. The van der Waals surface area contributed by atoms with E-state index in [0.29, 0.717) is 0 Å². The first-order valence-corrected chi connectivity index (χ1v) is 15.0. The van der Waals surface area contributed by atoms with Gasteiger partial charge in [-0.1, -0.05) is 24.2 Å². The van der Waals surface area contributed by atoms with Crippen LogP contribution in [0.3, 0.4) is 0 Å². The molecule has 2 atom stereocenters. The molecular formula is C28H25ClF2N6O4S. The summed E-state index contributed by atoms with van der Waals surface area (Å²) in [6, 6.07) is 6.95. The normalized spacial score (nSPS) is 17.5. The van der Waals surface area contributed by atoms with Crippen molar-refractivity contribution in [2.24, 2.45) is 0 Å². The van der Waals surface area contributed by atoms with E-state index in [4.69, 9.17) is 11.6 Å². The summed E-state index contributed by atoms with van der Waals surface area (Å²) in [6.07, 6.45) is 3.40. The van der Waals surface area contributed by atoms with Crippen LogP contribution in [0.4, 0.5) is 14.6 Å². The molecule has 0 bridgehead atoms. The number of hydrogen-bond donors (Lipinski definition) is 0. The Bertz CT molecular complexity index is 1910. The van der Waals surface area contributed by atoms with Crippen molar-refractivity contribution in [3.63, 3.8) is 0 Å². The molecule has 1 aliphatic rings. The first-order valence-electron chi connectivity index (χ1n) is 12.8. The molecule has 4 aromatic rings. The molecule has 0 N–H and O–H groups in total. The second-order valence-corrected chi connectivity index (χ2v) is 12.3. The predicted molar refractivity (Wildman–Crippen MR) is 155 cm³/mol. The van der Waals surface area contributed by atoms with Crippen LogP contribution < -0.4 is 10.6 Å². The van der Waals surface area contributed by atoms with Gasteiger partial charge in [0.05, 0.1) is 21.7 Å². The van der Waals surface area contributed by atoms with E-state index in [1.807, 2.05) is 13.8 Å². The lowest BCUT2D eigenvalue weighted by Crippen LogP contribution is -2.58. The van der Waals surface area contributed by atoms with Crippen LogP contribution in [0.25, 0.3) is 28.0 Å². The Morgan fingerprint density at radius 3 is 2.50 bits per heavy atom. The third-order valence-corrected chi connectivity index (χ3v) is 8.39. The number of rotatable bonds is 5. The minimum atomic E-state index is -3.95. The lowest BCUT2D eigenvalue weighted by molar-refractivity contribution is -0.128. The van der Waals surface area contributed by atoms with Crippen molar-refractivity contribution in [3.05, 3.63) is 82.4 Å². The van der Waals surface area contributed by atoms with E-state index >= 15 is 4.39 Å². The van der Waals surface area contributed by atoms with Gasteiger partial charge in [0, 0.05) is 37.6 Å². The number of amides is 1. The number of halogens is 3. The SMILES string of the molecule is C=CC(=O)N1C[C@H](C)N(c2nc(=O)n(-c3cccnc3S(C)(=O)=O)c3nc(-c4c(F)cccc4Cl)c(F)cc23)C[C@@H]1C. The zero-order valence-electron chi connectivity index (χ0n) is 22.8. The van der Waals surface area contributed by atoms with Gasteiger partial charge in [-0.05, 0) is 50.3 Å². The number of piperazine rings is 1. The fourth-order valence-corrected chi connectivity index (χ4v) is 6.17. The number of anilines is 1. The minimum Gasteiger partial charge on any atom is -0.349 e. The number of sulfone groups is 1. The van der Waals surface area contributed by atoms with Crippen molar-refractivity contribution in [2.45, 2.75) is 31.0 Å². The van der Waals surface area contributed by atoms with Crippen LogP contribution in [0.5, 0.6) is 0 Å². The highest BCUT2D eigenvalue weighted by molar-refractivity contribution is 7.90. The standard InChI is InChI=1S/C28H25ClF2N6O4S/c1-5-22(38)35-13-16(3)36(14-15(35)2)25-17-12-20(31)24(23-18(29)8-6-9-19(23)30)33-26(17)37(28(39)34-25)21-10-7-11-32-27(21)42(4,40)41/h5-12,15-16H,1,13-14H2,2-4H3/t15-,16-/m0/s1. The quantitative estimate of drug-likeness (QED) is 0.312. The zero-order valence-corrected chi connectivity index (χ0v) is 24.3. The van der Waals surface area contributed by atoms with Crippen molar-refractivity contribution in [1.82, 2.24) is 24.4 Å². The molecule has 0 aliphatic carbocycles. The van der Waals surface area contributed by atoms with Gasteiger partial charge in [0.15, 0.2) is 26.3 Å². The summed E-state index contributed by atoms with van der Waals surface area (Å²) < 4.78 is 56.9. The summed E-state index contributed by atoms with van der Waals surface area (Å²) in [5, 5.41) is -0.500. The lowest BCUT2D eigenvalue weighted by atomic mass is 10.1. The number of benzene rings is 1. The summed E-state index contributed by atoms with van der Waals surface area (Å²) in [6.45, 7) is 7.67. The van der Waals surface area contributed by atoms with Crippen LogP contribution in [-0.4, -0.2) is 70.2 Å². The Morgan fingerprint density at radius 1 is 1.10 bits per heavy atom. The number of nitrogens with zero attached hydrogens (tertiary/aromatic N) is 6. The Morgan fingerprint density at radius 2 is 1.83 bits per heavy atom. The van der Waals surface area contributed by atoms with Crippen LogP contribution in [-0.2, 0) is 14.6 Å². The smallest absolute Gasteiger partial charge is 0.349 e. The fraction of sp³-hybridized carbons (Fsp3) is 0.250. The highest BCUT2D eigenvalue weighted by Gasteiger charge is 2.34. The second-order valence-electron chi connectivity index (χ2n) is 9.98. The summed E-state index contributed by atoms with van der Waals surface area (Å²) in [7, 11) is -3.95. The molecule has 1 saturated heterocycles. The number of aromatic nitrogens is 4. The molecule has 1 aromatic carbocycles. The van der Waals surface area contributed by atoms with Gasteiger partial charge in [0.25, 0.3) is 0 Å². The maximum atomic E-state index is 15.8. The van der Waals surface area contributed by atoms with E-state index in [1.54, 1.807) is 9.80 Å². The van der Waals surface area contributed by atoms with Gasteiger partial charge >= 0.3 is 5.69 Å². The van der Waals surface area contributed by atoms with Crippen molar-refractivity contribution in [3.8, 4) is 16.9 Å². The summed E-state index contributed by atoms with van der Waals surface area (Å²) in [5.74, 6) is -1.98. The molecule has 1 amide bonds. The monoisotopic (exact) mass is 614 g/mol. The maximum absolute atomic E-state index is 15.8. The van der Waals surface area contributed by atoms with Crippen molar-refractivity contribution >= 4 is 44.2 Å². The summed E-state index contributed by atoms with van der Waals surface area (Å²) in [5.41, 5.74) is -2.10. The highest BCUT2D eigenvalue weighted by Crippen LogP contribution is 2.36. The van der Waals surface area contributed by atoms with Gasteiger partial charge in [-0.2, -0.15) is 4.98 Å². The van der Waals surface area contributed by atoms with Crippen molar-refractivity contribution < 1.29 is 22.0 Å². The third-order valence-electron chi connectivity index (χ3n) is 7.06. The first kappa shape index (κ1) is 29.3. The predicted octanol–water partition coefficient (Wildman–Crippen LogP) is 3.79. The Labute approximate surface area is 244 Å². The van der Waals surface area contributed by atoms with E-state index in [1.165, 1.54) is 36.5 Å². The van der Waals surface area contributed by atoms with E-state index in [0.717, 1.165) is 23.0 Å². The number of carbonyl (C=O) groups is 1. The molecule has 0 saturated carbocycles. The molecule has 218 valence electrons. The molecule has 14 heteroatoms. The van der Waals surface area contributed by atoms with Crippen LogP contribution >= 0.6 is 11.6 Å². The molecule has 10 nitrogen and oxygen atoms in total. The molecule has 5 rings (SSSR count). The van der Waals surface area contributed by atoms with Crippen LogP contribution in [0.2, 0.25) is 5.02 Å². The average Bonchev–Trinajstić information content (AvgIpc) is 2.93. The summed E-state index contributed by atoms with van der Waals surface area (Å²) in [4.78, 5) is 42.1. The van der Waals surface area contributed by atoms with Crippen molar-refractivity contribution in [1.29, 1.82) is 0 Å². The molecule has 42 heavy (non-hydrogen) atoms. The van der Waals surface area contributed by atoms with Gasteiger partial charge in [0.1, 0.15) is 17.3 Å². The largest absolute Gasteiger partial charge is 0.355 e. The minimum absolute atomic E-state index is 0.0502. The maximum Gasteiger partial charge on any atom is 0.355 e. The third kappa shape index (κ3) is 5.02.